The Labute approximate surface area is 152 Å². The summed E-state index contributed by atoms with van der Waals surface area (Å²) in [5, 5.41) is 8.18. The molecule has 24 heavy (non-hydrogen) atoms. The van der Waals surface area contributed by atoms with Gasteiger partial charge in [0.2, 0.25) is 0 Å². The number of methoxy groups -OCH3 is 1. The molecule has 1 N–H and O–H groups in total. The minimum atomic E-state index is -0.749. The lowest BCUT2D eigenvalue weighted by atomic mass is 10.0. The highest BCUT2D eigenvalue weighted by molar-refractivity contribution is 7.17. The average molecular weight is 380 g/mol. The first-order chi connectivity index (χ1) is 11.6. The van der Waals surface area contributed by atoms with E-state index in [1.807, 2.05) is 29.0 Å². The molecule has 0 spiro atoms. The van der Waals surface area contributed by atoms with Crippen LogP contribution < -0.4 is 5.32 Å². The largest absolute Gasteiger partial charge is 0.467 e. The van der Waals surface area contributed by atoms with Gasteiger partial charge in [-0.25, -0.2) is 4.79 Å². The molecule has 0 bridgehead atoms. The van der Waals surface area contributed by atoms with E-state index in [9.17, 15) is 9.59 Å². The van der Waals surface area contributed by atoms with Gasteiger partial charge in [-0.05, 0) is 46.0 Å². The van der Waals surface area contributed by atoms with Crippen LogP contribution in [0.4, 0.5) is 0 Å². The molecule has 3 aromatic rings. The Morgan fingerprint density at radius 2 is 2.12 bits per heavy atom. The van der Waals surface area contributed by atoms with Crippen molar-refractivity contribution in [3.05, 3.63) is 56.6 Å². The van der Waals surface area contributed by atoms with Crippen molar-refractivity contribution < 1.29 is 14.3 Å². The number of carbonyl (C=O) groups is 2. The predicted molar refractivity (Wildman–Crippen MR) is 98.1 cm³/mol. The molecule has 2 heterocycles. The van der Waals surface area contributed by atoms with Crippen LogP contribution in [0.25, 0.3) is 10.1 Å². The zero-order chi connectivity index (χ0) is 17.1. The third kappa shape index (κ3) is 3.61. The molecule has 0 radical (unpaired) electrons. The van der Waals surface area contributed by atoms with Crippen LogP contribution in [0.3, 0.4) is 0 Å². The predicted octanol–water partition coefficient (Wildman–Crippen LogP) is 4.13. The average Bonchev–Trinajstić information content (AvgIpc) is 3.23. The second-order valence-electron chi connectivity index (χ2n) is 5.13. The molecule has 1 amide bonds. The monoisotopic (exact) mass is 379 g/mol. The third-order valence-electron chi connectivity index (χ3n) is 3.58. The first-order valence-electron chi connectivity index (χ1n) is 7.16. The van der Waals surface area contributed by atoms with E-state index in [0.717, 1.165) is 15.6 Å². The van der Waals surface area contributed by atoms with Crippen LogP contribution in [0.2, 0.25) is 5.02 Å². The van der Waals surface area contributed by atoms with Crippen LogP contribution in [0.1, 0.15) is 15.2 Å². The van der Waals surface area contributed by atoms with Crippen LogP contribution in [0, 0.1) is 0 Å². The van der Waals surface area contributed by atoms with Crippen LogP contribution in [-0.4, -0.2) is 25.0 Å². The first-order valence-corrected chi connectivity index (χ1v) is 9.30. The number of nitrogens with one attached hydrogen (secondary N) is 1. The molecule has 1 aromatic carbocycles. The van der Waals surface area contributed by atoms with Crippen molar-refractivity contribution in [3.63, 3.8) is 0 Å². The summed E-state index contributed by atoms with van der Waals surface area (Å²) >= 11 is 8.97. The van der Waals surface area contributed by atoms with Crippen molar-refractivity contribution in [1.29, 1.82) is 0 Å². The van der Waals surface area contributed by atoms with Gasteiger partial charge in [-0.3, -0.25) is 4.79 Å². The van der Waals surface area contributed by atoms with Gasteiger partial charge < -0.3 is 10.1 Å². The number of fused-ring (bicyclic) bond motifs is 1. The van der Waals surface area contributed by atoms with Gasteiger partial charge in [0, 0.05) is 16.1 Å². The molecule has 0 unspecified atom stereocenters. The maximum absolute atomic E-state index is 12.3. The summed E-state index contributed by atoms with van der Waals surface area (Å²) in [6.07, 6.45) is 0.351. The van der Waals surface area contributed by atoms with E-state index in [-0.39, 0.29) is 5.91 Å². The standard InChI is InChI=1S/C17H14ClNO3S2/c1-22-17(21)13(19-16(20)15-3-2-6-23-15)7-10-9-24-14-5-4-11(18)8-12(10)14/h2-6,8-9,13H,7H2,1H3,(H,19,20)/t13-/m1/s1. The topological polar surface area (TPSA) is 55.4 Å². The third-order valence-corrected chi connectivity index (χ3v) is 5.69. The molecule has 124 valence electrons. The van der Waals surface area contributed by atoms with Gasteiger partial charge in [0.25, 0.3) is 5.91 Å². The van der Waals surface area contributed by atoms with E-state index in [1.165, 1.54) is 18.4 Å². The van der Waals surface area contributed by atoms with Gasteiger partial charge in [0.05, 0.1) is 12.0 Å². The number of carbonyl (C=O) groups excluding carboxylic acids is 2. The Balaban J connectivity index is 1.85. The highest BCUT2D eigenvalue weighted by Gasteiger charge is 2.24. The summed E-state index contributed by atoms with van der Waals surface area (Å²) in [5.41, 5.74) is 0.958. The van der Waals surface area contributed by atoms with Crippen molar-refractivity contribution >= 4 is 56.2 Å². The molecule has 0 fully saturated rings. The number of hydrogen-bond acceptors (Lipinski definition) is 5. The van der Waals surface area contributed by atoms with Gasteiger partial charge >= 0.3 is 5.97 Å². The molecule has 0 aliphatic heterocycles. The minimum absolute atomic E-state index is 0.280. The van der Waals surface area contributed by atoms with Crippen LogP contribution >= 0.6 is 34.3 Å². The molecular weight excluding hydrogens is 366 g/mol. The molecule has 0 saturated carbocycles. The molecule has 3 rings (SSSR count). The molecule has 7 heteroatoms. The number of hydrogen-bond donors (Lipinski definition) is 1. The Morgan fingerprint density at radius 3 is 2.83 bits per heavy atom. The van der Waals surface area contributed by atoms with Crippen molar-refractivity contribution in [1.82, 2.24) is 5.32 Å². The number of thiophene rings is 2. The summed E-state index contributed by atoms with van der Waals surface area (Å²) in [4.78, 5) is 24.9. The molecular formula is C17H14ClNO3S2. The molecule has 4 nitrogen and oxygen atoms in total. The Bertz CT molecular complexity index is 873. The van der Waals surface area contributed by atoms with Crippen molar-refractivity contribution in [2.24, 2.45) is 0 Å². The second kappa shape index (κ2) is 7.34. The molecule has 2 aromatic heterocycles. The maximum atomic E-state index is 12.3. The van der Waals surface area contributed by atoms with Crippen molar-refractivity contribution in [2.75, 3.05) is 7.11 Å². The van der Waals surface area contributed by atoms with E-state index in [1.54, 1.807) is 23.5 Å². The zero-order valence-corrected chi connectivity index (χ0v) is 15.1. The normalized spacial score (nSPS) is 12.1. The summed E-state index contributed by atoms with van der Waals surface area (Å²) in [6.45, 7) is 0. The van der Waals surface area contributed by atoms with Crippen molar-refractivity contribution in [2.45, 2.75) is 12.5 Å². The van der Waals surface area contributed by atoms with E-state index in [2.05, 4.69) is 5.32 Å². The summed E-state index contributed by atoms with van der Waals surface area (Å²) in [5.74, 6) is -0.751. The summed E-state index contributed by atoms with van der Waals surface area (Å²) < 4.78 is 5.93. The minimum Gasteiger partial charge on any atom is -0.467 e. The molecule has 0 aliphatic rings. The number of ether oxygens (including phenoxy) is 1. The SMILES string of the molecule is COC(=O)[C@@H](Cc1csc2ccc(Cl)cc12)NC(=O)c1cccs1. The zero-order valence-electron chi connectivity index (χ0n) is 12.7. The lowest BCUT2D eigenvalue weighted by molar-refractivity contribution is -0.142. The molecule has 0 saturated heterocycles. The number of benzene rings is 1. The van der Waals surface area contributed by atoms with E-state index in [0.29, 0.717) is 16.3 Å². The highest BCUT2D eigenvalue weighted by atomic mass is 35.5. The second-order valence-corrected chi connectivity index (χ2v) is 7.43. The summed E-state index contributed by atoms with van der Waals surface area (Å²) in [7, 11) is 1.31. The summed E-state index contributed by atoms with van der Waals surface area (Å²) in [6, 6.07) is 8.42. The lowest BCUT2D eigenvalue weighted by Gasteiger charge is -2.16. The quantitative estimate of drug-likeness (QED) is 0.678. The molecule has 1 atom stereocenters. The first kappa shape index (κ1) is 17.0. The fourth-order valence-corrected chi connectivity index (χ4v) is 4.16. The van der Waals surface area contributed by atoms with Gasteiger partial charge in [-0.2, -0.15) is 0 Å². The van der Waals surface area contributed by atoms with Gasteiger partial charge in [0.1, 0.15) is 6.04 Å². The van der Waals surface area contributed by atoms with E-state index < -0.39 is 12.0 Å². The highest BCUT2D eigenvalue weighted by Crippen LogP contribution is 2.29. The van der Waals surface area contributed by atoms with Crippen molar-refractivity contribution in [3.8, 4) is 0 Å². The number of esters is 1. The number of halogens is 1. The smallest absolute Gasteiger partial charge is 0.328 e. The Hall–Kier alpha value is -1.89. The van der Waals surface area contributed by atoms with Crippen LogP contribution in [0.5, 0.6) is 0 Å². The lowest BCUT2D eigenvalue weighted by Crippen LogP contribution is -2.42. The van der Waals surface area contributed by atoms with E-state index in [4.69, 9.17) is 16.3 Å². The fourth-order valence-electron chi connectivity index (χ4n) is 2.40. The van der Waals surface area contributed by atoms with E-state index >= 15 is 0 Å². The molecule has 0 aliphatic carbocycles. The fraction of sp³-hybridized carbons (Fsp3) is 0.176. The van der Waals surface area contributed by atoms with Crippen LogP contribution in [-0.2, 0) is 16.0 Å². The van der Waals surface area contributed by atoms with Gasteiger partial charge in [-0.1, -0.05) is 17.7 Å². The number of rotatable bonds is 5. The Morgan fingerprint density at radius 1 is 1.29 bits per heavy atom. The maximum Gasteiger partial charge on any atom is 0.328 e. The van der Waals surface area contributed by atoms with Crippen LogP contribution in [0.15, 0.2) is 41.1 Å². The Kier molecular flexibility index (Phi) is 5.18. The number of amides is 1. The van der Waals surface area contributed by atoms with Gasteiger partial charge in [-0.15, -0.1) is 22.7 Å². The van der Waals surface area contributed by atoms with Gasteiger partial charge in [0.15, 0.2) is 0 Å².